The number of hydrogen-bond donors (Lipinski definition) is 4. The SMILES string of the molecule is COCc1ccc(CNC(=O)c2nn(-c3ccc(F)cc3)c(CC[C@@H](O)C[C@@H](O)CC(=O)O)c2C(C)C)cc1. The molecule has 0 aliphatic heterocycles. The van der Waals surface area contributed by atoms with Crippen molar-refractivity contribution < 1.29 is 34.0 Å². The third kappa shape index (κ3) is 8.44. The van der Waals surface area contributed by atoms with Crippen LogP contribution in [-0.2, 0) is 29.1 Å². The summed E-state index contributed by atoms with van der Waals surface area (Å²) in [5.41, 5.74) is 4.11. The summed E-state index contributed by atoms with van der Waals surface area (Å²) >= 11 is 0. The maximum Gasteiger partial charge on any atom is 0.305 e. The molecular weight excluding hydrogens is 505 g/mol. The summed E-state index contributed by atoms with van der Waals surface area (Å²) in [5.74, 6) is -2.01. The predicted octanol–water partition coefficient (Wildman–Crippen LogP) is 3.73. The fraction of sp³-hybridized carbons (Fsp3) is 0.414. The molecule has 9 nitrogen and oxygen atoms in total. The number of carboxylic acids is 1. The van der Waals surface area contributed by atoms with Gasteiger partial charge in [-0.05, 0) is 60.6 Å². The van der Waals surface area contributed by atoms with Crippen molar-refractivity contribution in [2.24, 2.45) is 0 Å². The number of nitrogens with zero attached hydrogens (tertiary/aromatic N) is 2. The van der Waals surface area contributed by atoms with Crippen LogP contribution in [0, 0.1) is 5.82 Å². The molecule has 3 rings (SSSR count). The Hall–Kier alpha value is -3.60. The van der Waals surface area contributed by atoms with Crippen molar-refractivity contribution in [1.29, 1.82) is 0 Å². The van der Waals surface area contributed by atoms with Gasteiger partial charge in [-0.15, -0.1) is 0 Å². The average Bonchev–Trinajstić information content (AvgIpc) is 3.27. The molecular formula is C29H36FN3O6. The zero-order chi connectivity index (χ0) is 28.5. The first-order valence-electron chi connectivity index (χ1n) is 12.9. The van der Waals surface area contributed by atoms with Crippen LogP contribution in [0.25, 0.3) is 5.69 Å². The molecule has 0 aliphatic rings. The highest BCUT2D eigenvalue weighted by Crippen LogP contribution is 2.28. The molecule has 0 saturated carbocycles. The van der Waals surface area contributed by atoms with E-state index in [4.69, 9.17) is 9.84 Å². The van der Waals surface area contributed by atoms with Gasteiger partial charge in [0.25, 0.3) is 5.91 Å². The Balaban J connectivity index is 1.87. The van der Waals surface area contributed by atoms with Gasteiger partial charge in [0.05, 0.1) is 30.9 Å². The van der Waals surface area contributed by atoms with E-state index in [1.54, 1.807) is 23.9 Å². The molecule has 0 spiro atoms. The van der Waals surface area contributed by atoms with Crippen molar-refractivity contribution in [1.82, 2.24) is 15.1 Å². The van der Waals surface area contributed by atoms with Crippen LogP contribution in [0.3, 0.4) is 0 Å². The molecule has 0 saturated heterocycles. The van der Waals surface area contributed by atoms with Gasteiger partial charge in [-0.3, -0.25) is 9.59 Å². The molecule has 2 atom stereocenters. The highest BCUT2D eigenvalue weighted by molar-refractivity contribution is 5.94. The number of rotatable bonds is 14. The van der Waals surface area contributed by atoms with Gasteiger partial charge in [0.1, 0.15) is 5.82 Å². The van der Waals surface area contributed by atoms with Crippen molar-refractivity contribution in [3.8, 4) is 5.69 Å². The first-order chi connectivity index (χ1) is 18.6. The van der Waals surface area contributed by atoms with E-state index in [0.717, 1.165) is 11.1 Å². The lowest BCUT2D eigenvalue weighted by Gasteiger charge is -2.16. The highest BCUT2D eigenvalue weighted by Gasteiger charge is 2.26. The lowest BCUT2D eigenvalue weighted by atomic mass is 9.95. The second-order valence-corrected chi connectivity index (χ2v) is 9.86. The summed E-state index contributed by atoms with van der Waals surface area (Å²) in [6.07, 6.45) is -2.18. The summed E-state index contributed by atoms with van der Waals surface area (Å²) in [7, 11) is 1.63. The zero-order valence-corrected chi connectivity index (χ0v) is 22.4. The lowest BCUT2D eigenvalue weighted by molar-refractivity contribution is -0.139. The molecule has 0 bridgehead atoms. The number of carbonyl (C=O) groups excluding carboxylic acids is 1. The van der Waals surface area contributed by atoms with E-state index in [0.29, 0.717) is 36.5 Å². The number of amides is 1. The number of aliphatic hydroxyl groups excluding tert-OH is 2. The van der Waals surface area contributed by atoms with Crippen molar-refractivity contribution >= 4 is 11.9 Å². The quantitative estimate of drug-likeness (QED) is 0.244. The number of hydrogen-bond acceptors (Lipinski definition) is 6. The smallest absolute Gasteiger partial charge is 0.305 e. The number of nitrogens with one attached hydrogen (secondary N) is 1. The topological polar surface area (TPSA) is 134 Å². The summed E-state index contributed by atoms with van der Waals surface area (Å²) in [4.78, 5) is 24.2. The van der Waals surface area contributed by atoms with Gasteiger partial charge in [-0.25, -0.2) is 9.07 Å². The molecule has 3 aromatic rings. The van der Waals surface area contributed by atoms with E-state index in [1.165, 1.54) is 12.1 Å². The maximum atomic E-state index is 13.6. The number of benzene rings is 2. The van der Waals surface area contributed by atoms with Gasteiger partial charge in [0, 0.05) is 24.9 Å². The van der Waals surface area contributed by atoms with Gasteiger partial charge in [-0.1, -0.05) is 38.1 Å². The Morgan fingerprint density at radius 1 is 1.03 bits per heavy atom. The van der Waals surface area contributed by atoms with Crippen LogP contribution in [-0.4, -0.2) is 56.3 Å². The van der Waals surface area contributed by atoms with Crippen molar-refractivity contribution in [2.75, 3.05) is 7.11 Å². The molecule has 4 N–H and O–H groups in total. The minimum absolute atomic E-state index is 0.0927. The predicted molar refractivity (Wildman–Crippen MR) is 143 cm³/mol. The summed E-state index contributed by atoms with van der Waals surface area (Å²) in [6.45, 7) is 4.67. The Kier molecular flexibility index (Phi) is 10.7. The summed E-state index contributed by atoms with van der Waals surface area (Å²) in [6, 6.07) is 13.4. The number of halogens is 1. The third-order valence-electron chi connectivity index (χ3n) is 6.34. The van der Waals surface area contributed by atoms with Crippen molar-refractivity contribution in [3.05, 3.63) is 82.4 Å². The number of aromatic nitrogens is 2. The van der Waals surface area contributed by atoms with E-state index in [9.17, 15) is 24.2 Å². The van der Waals surface area contributed by atoms with Crippen LogP contribution < -0.4 is 5.32 Å². The Bertz CT molecular complexity index is 1240. The number of ether oxygens (including phenoxy) is 1. The zero-order valence-electron chi connectivity index (χ0n) is 22.4. The summed E-state index contributed by atoms with van der Waals surface area (Å²) in [5, 5.41) is 36.8. The van der Waals surface area contributed by atoms with E-state index >= 15 is 0 Å². The van der Waals surface area contributed by atoms with Crippen molar-refractivity contribution in [2.45, 2.75) is 70.8 Å². The van der Waals surface area contributed by atoms with Crippen LogP contribution in [0.5, 0.6) is 0 Å². The van der Waals surface area contributed by atoms with Gasteiger partial charge in [0.2, 0.25) is 0 Å². The van der Waals surface area contributed by atoms with Gasteiger partial charge >= 0.3 is 5.97 Å². The lowest BCUT2D eigenvalue weighted by Crippen LogP contribution is -2.24. The molecule has 1 aromatic heterocycles. The number of aliphatic hydroxyl groups is 2. The Morgan fingerprint density at radius 2 is 1.67 bits per heavy atom. The van der Waals surface area contributed by atoms with E-state index in [-0.39, 0.29) is 30.4 Å². The maximum absolute atomic E-state index is 13.6. The van der Waals surface area contributed by atoms with Crippen LogP contribution in [0.1, 0.15) is 71.9 Å². The standard InChI is InChI=1S/C29H36FN3O6/c1-18(2)27-25(13-12-23(34)14-24(35)15-26(36)37)33(22-10-8-21(30)9-11-22)32-28(27)29(38)31-16-19-4-6-20(7-5-19)17-39-3/h4-11,18,23-24,34-35H,12-17H2,1-3H3,(H,31,38)(H,36,37)/t23-,24-/m1/s1. The minimum Gasteiger partial charge on any atom is -0.481 e. The third-order valence-corrected chi connectivity index (χ3v) is 6.34. The minimum atomic E-state index is -1.17. The molecule has 2 aromatic carbocycles. The fourth-order valence-corrected chi connectivity index (χ4v) is 4.48. The fourth-order valence-electron chi connectivity index (χ4n) is 4.48. The molecule has 0 radical (unpaired) electrons. The first kappa shape index (κ1) is 29.9. The largest absolute Gasteiger partial charge is 0.481 e. The van der Waals surface area contributed by atoms with Crippen LogP contribution >= 0.6 is 0 Å². The second kappa shape index (κ2) is 14.0. The molecule has 0 fully saturated rings. The molecule has 0 unspecified atom stereocenters. The first-order valence-corrected chi connectivity index (χ1v) is 12.9. The Labute approximate surface area is 227 Å². The average molecular weight is 542 g/mol. The molecule has 39 heavy (non-hydrogen) atoms. The normalized spacial score (nSPS) is 12.9. The number of carbonyl (C=O) groups is 2. The number of carboxylic acid groups (broad SMARTS) is 1. The van der Waals surface area contributed by atoms with Crippen LogP contribution in [0.15, 0.2) is 48.5 Å². The molecule has 0 aliphatic carbocycles. The number of methoxy groups -OCH3 is 1. The van der Waals surface area contributed by atoms with E-state index < -0.39 is 30.4 Å². The monoisotopic (exact) mass is 541 g/mol. The van der Waals surface area contributed by atoms with Crippen LogP contribution in [0.4, 0.5) is 4.39 Å². The second-order valence-electron chi connectivity index (χ2n) is 9.86. The number of aliphatic carboxylic acids is 1. The van der Waals surface area contributed by atoms with Gasteiger partial charge in [-0.2, -0.15) is 5.10 Å². The van der Waals surface area contributed by atoms with Crippen LogP contribution in [0.2, 0.25) is 0 Å². The highest BCUT2D eigenvalue weighted by atomic mass is 19.1. The van der Waals surface area contributed by atoms with Gasteiger partial charge < -0.3 is 25.4 Å². The van der Waals surface area contributed by atoms with Gasteiger partial charge in [0.15, 0.2) is 5.69 Å². The summed E-state index contributed by atoms with van der Waals surface area (Å²) < 4.78 is 20.4. The molecule has 210 valence electrons. The van der Waals surface area contributed by atoms with E-state index in [2.05, 4.69) is 10.4 Å². The molecule has 10 heteroatoms. The van der Waals surface area contributed by atoms with Crippen molar-refractivity contribution in [3.63, 3.8) is 0 Å². The Morgan fingerprint density at radius 3 is 2.26 bits per heavy atom. The van der Waals surface area contributed by atoms with E-state index in [1.807, 2.05) is 38.1 Å². The molecule has 1 heterocycles. The molecule has 1 amide bonds.